The van der Waals surface area contributed by atoms with Gasteiger partial charge in [0.2, 0.25) is 11.8 Å². The molecule has 3 amide bonds. The average Bonchev–Trinajstić information content (AvgIpc) is 2.97. The Bertz CT molecular complexity index is 840. The average molecular weight is 373 g/mol. The van der Waals surface area contributed by atoms with Gasteiger partial charge in [0.1, 0.15) is 17.7 Å². The Hall–Kier alpha value is -2.86. The molecule has 1 heterocycles. The second-order valence-electron chi connectivity index (χ2n) is 5.69. The maximum absolute atomic E-state index is 13.0. The fourth-order valence-electron chi connectivity index (χ4n) is 3.04. The molecule has 0 aliphatic carbocycles. The maximum atomic E-state index is 13.0. The third-order valence-corrected chi connectivity index (χ3v) is 4.41. The van der Waals surface area contributed by atoms with Gasteiger partial charge < -0.3 is 4.74 Å². The molecule has 0 aromatic heterocycles. The zero-order valence-corrected chi connectivity index (χ0v) is 14.8. The smallest absolute Gasteiger partial charge is 0.257 e. The predicted molar refractivity (Wildman–Crippen MR) is 98.5 cm³/mol. The number of benzene rings is 2. The van der Waals surface area contributed by atoms with Crippen molar-refractivity contribution in [3.8, 4) is 5.75 Å². The maximum Gasteiger partial charge on any atom is 0.257 e. The number of imide groups is 1. The Kier molecular flexibility index (Phi) is 5.23. The molecular formula is C19H17ClN2O4. The first kappa shape index (κ1) is 17.9. The molecule has 0 radical (unpaired) electrons. The minimum Gasteiger partial charge on any atom is -0.495 e. The lowest BCUT2D eigenvalue weighted by atomic mass is 10.1. The molecular weight excluding hydrogens is 356 g/mol. The molecule has 0 spiro atoms. The molecule has 1 aliphatic rings. The van der Waals surface area contributed by atoms with E-state index in [2.05, 4.69) is 0 Å². The molecule has 2 aromatic carbocycles. The molecule has 1 fully saturated rings. The Balaban J connectivity index is 2.02. The number of alkyl halides is 1. The first-order valence-electron chi connectivity index (χ1n) is 8.01. The van der Waals surface area contributed by atoms with Crippen molar-refractivity contribution in [3.63, 3.8) is 0 Å². The van der Waals surface area contributed by atoms with E-state index in [1.165, 1.54) is 12.0 Å². The first-order valence-corrected chi connectivity index (χ1v) is 8.54. The summed E-state index contributed by atoms with van der Waals surface area (Å²) in [5, 5.41) is 0. The molecule has 1 unspecified atom stereocenters. The molecule has 0 bridgehead atoms. The zero-order chi connectivity index (χ0) is 18.7. The van der Waals surface area contributed by atoms with Crippen molar-refractivity contribution < 1.29 is 19.1 Å². The summed E-state index contributed by atoms with van der Waals surface area (Å²) < 4.78 is 5.31. The van der Waals surface area contributed by atoms with E-state index >= 15 is 0 Å². The van der Waals surface area contributed by atoms with Crippen molar-refractivity contribution in [1.29, 1.82) is 0 Å². The van der Waals surface area contributed by atoms with Crippen LogP contribution in [0.3, 0.4) is 0 Å². The van der Waals surface area contributed by atoms with E-state index in [9.17, 15) is 14.4 Å². The van der Waals surface area contributed by atoms with Crippen LogP contribution in [0.4, 0.5) is 11.4 Å². The Labute approximate surface area is 155 Å². The van der Waals surface area contributed by atoms with E-state index in [0.29, 0.717) is 17.1 Å². The topological polar surface area (TPSA) is 66.9 Å². The summed E-state index contributed by atoms with van der Waals surface area (Å²) in [4.78, 5) is 40.4. The summed E-state index contributed by atoms with van der Waals surface area (Å²) in [6.07, 6.45) is -0.117. The van der Waals surface area contributed by atoms with Crippen LogP contribution >= 0.6 is 11.6 Å². The summed E-state index contributed by atoms with van der Waals surface area (Å²) >= 11 is 5.77. The summed E-state index contributed by atoms with van der Waals surface area (Å²) in [7, 11) is 1.47. The number of carbonyl (C=O) groups is 3. The fourth-order valence-corrected chi connectivity index (χ4v) is 3.16. The number of nitrogens with zero attached hydrogens (tertiary/aromatic N) is 2. The Morgan fingerprint density at radius 2 is 1.81 bits per heavy atom. The number of hydrogen-bond acceptors (Lipinski definition) is 4. The van der Waals surface area contributed by atoms with Crippen molar-refractivity contribution >= 4 is 40.7 Å². The minimum absolute atomic E-state index is 0.117. The van der Waals surface area contributed by atoms with Crippen molar-refractivity contribution in [3.05, 3.63) is 54.6 Å². The van der Waals surface area contributed by atoms with Gasteiger partial charge in [-0.15, -0.1) is 11.6 Å². The van der Waals surface area contributed by atoms with Crippen molar-refractivity contribution in [2.45, 2.75) is 12.5 Å². The monoisotopic (exact) mass is 372 g/mol. The van der Waals surface area contributed by atoms with Crippen LogP contribution in [-0.4, -0.2) is 36.8 Å². The van der Waals surface area contributed by atoms with Gasteiger partial charge in [0, 0.05) is 0 Å². The van der Waals surface area contributed by atoms with Gasteiger partial charge in [0.05, 0.1) is 24.9 Å². The lowest BCUT2D eigenvalue weighted by molar-refractivity contribution is -0.123. The molecule has 2 aromatic rings. The van der Waals surface area contributed by atoms with Gasteiger partial charge in [-0.1, -0.05) is 30.3 Å². The highest BCUT2D eigenvalue weighted by Crippen LogP contribution is 2.34. The highest BCUT2D eigenvalue weighted by Gasteiger charge is 2.45. The van der Waals surface area contributed by atoms with Crippen molar-refractivity contribution in [2.75, 3.05) is 22.8 Å². The van der Waals surface area contributed by atoms with E-state index in [1.807, 2.05) is 0 Å². The predicted octanol–water partition coefficient (Wildman–Crippen LogP) is 2.60. The van der Waals surface area contributed by atoms with Crippen LogP contribution in [0.2, 0.25) is 0 Å². The summed E-state index contributed by atoms with van der Waals surface area (Å²) in [5.41, 5.74) is 0.880. The number of hydrogen-bond donors (Lipinski definition) is 0. The second kappa shape index (κ2) is 7.58. The van der Waals surface area contributed by atoms with E-state index in [4.69, 9.17) is 16.3 Å². The number of amides is 3. The SMILES string of the molecule is COc1ccccc1N(C(=O)CCl)C1CC(=O)N(c2ccccc2)C1=O. The molecule has 0 N–H and O–H groups in total. The van der Waals surface area contributed by atoms with E-state index in [0.717, 1.165) is 4.90 Å². The number of anilines is 2. The van der Waals surface area contributed by atoms with Crippen LogP contribution in [0.15, 0.2) is 54.6 Å². The van der Waals surface area contributed by atoms with Gasteiger partial charge in [0.15, 0.2) is 0 Å². The fraction of sp³-hybridized carbons (Fsp3) is 0.211. The van der Waals surface area contributed by atoms with Crippen LogP contribution in [0.25, 0.3) is 0 Å². The largest absolute Gasteiger partial charge is 0.495 e. The first-order chi connectivity index (χ1) is 12.6. The zero-order valence-electron chi connectivity index (χ0n) is 14.1. The minimum atomic E-state index is -0.967. The molecule has 6 nitrogen and oxygen atoms in total. The van der Waals surface area contributed by atoms with Gasteiger partial charge in [-0.05, 0) is 24.3 Å². The molecule has 1 atom stereocenters. The van der Waals surface area contributed by atoms with E-state index in [1.54, 1.807) is 54.6 Å². The standard InChI is InChI=1S/C19H17ClN2O4/c1-26-16-10-6-5-9-14(16)22(18(24)12-20)15-11-17(23)21(19(15)25)13-7-3-2-4-8-13/h2-10,15H,11-12H2,1H3. The molecule has 1 saturated heterocycles. The summed E-state index contributed by atoms with van der Waals surface area (Å²) in [5.74, 6) is -1.21. The third kappa shape index (κ3) is 3.15. The lowest BCUT2D eigenvalue weighted by Crippen LogP contribution is -2.46. The van der Waals surface area contributed by atoms with Gasteiger partial charge in [-0.25, -0.2) is 4.90 Å². The number of ether oxygens (including phenoxy) is 1. The van der Waals surface area contributed by atoms with Crippen LogP contribution in [0.5, 0.6) is 5.75 Å². The molecule has 3 rings (SSSR count). The third-order valence-electron chi connectivity index (χ3n) is 4.18. The molecule has 1 aliphatic heterocycles. The number of rotatable bonds is 5. The van der Waals surface area contributed by atoms with Crippen LogP contribution in [0, 0.1) is 0 Å². The van der Waals surface area contributed by atoms with Crippen molar-refractivity contribution in [2.24, 2.45) is 0 Å². The van der Waals surface area contributed by atoms with Crippen LogP contribution in [-0.2, 0) is 14.4 Å². The Morgan fingerprint density at radius 1 is 1.15 bits per heavy atom. The number of methoxy groups -OCH3 is 1. The number of halogens is 1. The van der Waals surface area contributed by atoms with Gasteiger partial charge >= 0.3 is 0 Å². The normalized spacial score (nSPS) is 16.7. The van der Waals surface area contributed by atoms with E-state index in [-0.39, 0.29) is 18.2 Å². The number of carbonyl (C=O) groups excluding carboxylic acids is 3. The molecule has 0 saturated carbocycles. The highest BCUT2D eigenvalue weighted by atomic mass is 35.5. The van der Waals surface area contributed by atoms with E-state index < -0.39 is 17.9 Å². The van der Waals surface area contributed by atoms with Crippen molar-refractivity contribution in [1.82, 2.24) is 0 Å². The quantitative estimate of drug-likeness (QED) is 0.597. The Morgan fingerprint density at radius 3 is 2.46 bits per heavy atom. The van der Waals surface area contributed by atoms with Crippen LogP contribution < -0.4 is 14.5 Å². The molecule has 134 valence electrons. The van der Waals surface area contributed by atoms with Gasteiger partial charge in [0.25, 0.3) is 5.91 Å². The second-order valence-corrected chi connectivity index (χ2v) is 5.96. The summed E-state index contributed by atoms with van der Waals surface area (Å²) in [6.45, 7) is 0. The molecule has 26 heavy (non-hydrogen) atoms. The van der Waals surface area contributed by atoms with Gasteiger partial charge in [-0.3, -0.25) is 19.3 Å². The number of para-hydroxylation sites is 3. The van der Waals surface area contributed by atoms with Gasteiger partial charge in [-0.2, -0.15) is 0 Å². The van der Waals surface area contributed by atoms with Crippen LogP contribution in [0.1, 0.15) is 6.42 Å². The molecule has 7 heteroatoms. The highest BCUT2D eigenvalue weighted by molar-refractivity contribution is 6.31. The lowest BCUT2D eigenvalue weighted by Gasteiger charge is -2.28. The summed E-state index contributed by atoms with van der Waals surface area (Å²) in [6, 6.07) is 14.5.